The highest BCUT2D eigenvalue weighted by Gasteiger charge is 2.10. The molecule has 0 unspecified atom stereocenters. The Bertz CT molecular complexity index is 552. The third kappa shape index (κ3) is 1.81. The predicted octanol–water partition coefficient (Wildman–Crippen LogP) is 1.66. The van der Waals surface area contributed by atoms with Gasteiger partial charge >= 0.3 is 0 Å². The van der Waals surface area contributed by atoms with Crippen molar-refractivity contribution in [3.8, 4) is 11.4 Å². The van der Waals surface area contributed by atoms with E-state index in [1.807, 2.05) is 18.2 Å². The average molecular weight is 234 g/mol. The summed E-state index contributed by atoms with van der Waals surface area (Å²) >= 11 is 1.21. The van der Waals surface area contributed by atoms with E-state index in [-0.39, 0.29) is 11.3 Å². The van der Waals surface area contributed by atoms with Crippen LogP contribution in [0.15, 0.2) is 46.2 Å². The van der Waals surface area contributed by atoms with Gasteiger partial charge in [-0.3, -0.25) is 4.79 Å². The molecule has 1 N–H and O–H groups in total. The molecule has 0 amide bonds. The van der Waals surface area contributed by atoms with E-state index in [0.29, 0.717) is 10.6 Å². The number of hydrogen-bond acceptors (Lipinski definition) is 4. The first-order valence-corrected chi connectivity index (χ1v) is 5.87. The molecule has 1 aromatic heterocycles. The van der Waals surface area contributed by atoms with Crippen LogP contribution in [0.3, 0.4) is 0 Å². The smallest absolute Gasteiger partial charge is 0.288 e. The Hall–Kier alpha value is -1.75. The first-order valence-electron chi connectivity index (χ1n) is 4.64. The largest absolute Gasteiger partial charge is 0.505 e. The van der Waals surface area contributed by atoms with Crippen LogP contribution in [0.2, 0.25) is 0 Å². The van der Waals surface area contributed by atoms with Crippen molar-refractivity contribution in [1.82, 2.24) is 9.78 Å². The van der Waals surface area contributed by atoms with Gasteiger partial charge in [-0.15, -0.1) is 11.8 Å². The molecule has 1 heterocycles. The summed E-state index contributed by atoms with van der Waals surface area (Å²) in [6, 6.07) is 9.10. The standard InChI is InChI=1S/C11H10N2O2S/c1-16-10-9(14)7-12-13(11(10)15)8-5-3-2-4-6-8/h2-7,14H,1H3. The summed E-state index contributed by atoms with van der Waals surface area (Å²) in [7, 11) is 0. The minimum atomic E-state index is -0.307. The highest BCUT2D eigenvalue weighted by Crippen LogP contribution is 2.20. The van der Waals surface area contributed by atoms with Crippen molar-refractivity contribution in [2.75, 3.05) is 6.26 Å². The summed E-state index contributed by atoms with van der Waals surface area (Å²) in [5.74, 6) is -0.0790. The lowest BCUT2D eigenvalue weighted by Crippen LogP contribution is -2.22. The maximum Gasteiger partial charge on any atom is 0.288 e. The highest BCUT2D eigenvalue weighted by molar-refractivity contribution is 7.98. The Morgan fingerprint density at radius 3 is 2.62 bits per heavy atom. The van der Waals surface area contributed by atoms with Crippen LogP contribution >= 0.6 is 11.8 Å². The van der Waals surface area contributed by atoms with Crippen molar-refractivity contribution in [2.45, 2.75) is 4.90 Å². The molecule has 0 fully saturated rings. The van der Waals surface area contributed by atoms with Crippen LogP contribution in [-0.4, -0.2) is 21.1 Å². The molecule has 0 atom stereocenters. The number of hydrogen-bond donors (Lipinski definition) is 1. The zero-order chi connectivity index (χ0) is 11.5. The topological polar surface area (TPSA) is 55.1 Å². The van der Waals surface area contributed by atoms with Gasteiger partial charge in [0.2, 0.25) is 0 Å². The molecule has 0 radical (unpaired) electrons. The highest BCUT2D eigenvalue weighted by atomic mass is 32.2. The molecule has 2 aromatic rings. The summed E-state index contributed by atoms with van der Waals surface area (Å²) in [6.07, 6.45) is 3.02. The second-order valence-electron chi connectivity index (χ2n) is 3.12. The van der Waals surface area contributed by atoms with Crippen molar-refractivity contribution >= 4 is 11.8 Å². The van der Waals surface area contributed by atoms with E-state index in [0.717, 1.165) is 0 Å². The summed E-state index contributed by atoms with van der Waals surface area (Å²) in [5.41, 5.74) is 0.376. The number of benzene rings is 1. The van der Waals surface area contributed by atoms with Gasteiger partial charge in [-0.25, -0.2) is 0 Å². The van der Waals surface area contributed by atoms with Crippen molar-refractivity contribution in [3.63, 3.8) is 0 Å². The Kier molecular flexibility index (Phi) is 2.96. The lowest BCUT2D eigenvalue weighted by atomic mass is 10.3. The number of thioether (sulfide) groups is 1. The predicted molar refractivity (Wildman–Crippen MR) is 63.3 cm³/mol. The maximum absolute atomic E-state index is 11.9. The van der Waals surface area contributed by atoms with Crippen LogP contribution in [0.1, 0.15) is 0 Å². The number of aromatic nitrogens is 2. The molecule has 2 rings (SSSR count). The summed E-state index contributed by atoms with van der Waals surface area (Å²) in [5, 5.41) is 13.4. The Morgan fingerprint density at radius 2 is 2.00 bits per heavy atom. The normalized spacial score (nSPS) is 10.3. The fourth-order valence-corrected chi connectivity index (χ4v) is 1.90. The fraction of sp³-hybridized carbons (Fsp3) is 0.0909. The zero-order valence-corrected chi connectivity index (χ0v) is 9.44. The average Bonchev–Trinajstić information content (AvgIpc) is 2.31. The molecule has 5 heteroatoms. The van der Waals surface area contributed by atoms with Crippen molar-refractivity contribution in [2.24, 2.45) is 0 Å². The molecular formula is C11H10N2O2S. The van der Waals surface area contributed by atoms with Gasteiger partial charge in [0.1, 0.15) is 4.90 Å². The fourth-order valence-electron chi connectivity index (χ4n) is 1.37. The Morgan fingerprint density at radius 1 is 1.31 bits per heavy atom. The molecule has 0 aliphatic heterocycles. The maximum atomic E-state index is 11.9. The van der Waals surface area contributed by atoms with Crippen LogP contribution in [0.5, 0.6) is 5.75 Å². The van der Waals surface area contributed by atoms with Gasteiger partial charge in [0, 0.05) is 0 Å². The van der Waals surface area contributed by atoms with Crippen molar-refractivity contribution in [3.05, 3.63) is 46.9 Å². The lowest BCUT2D eigenvalue weighted by Gasteiger charge is -2.06. The molecule has 0 spiro atoms. The summed E-state index contributed by atoms with van der Waals surface area (Å²) < 4.78 is 1.27. The molecule has 0 bridgehead atoms. The lowest BCUT2D eigenvalue weighted by molar-refractivity contribution is 0.451. The molecule has 0 saturated heterocycles. The minimum absolute atomic E-state index is 0.0790. The number of aromatic hydroxyl groups is 1. The van der Waals surface area contributed by atoms with Gasteiger partial charge in [-0.05, 0) is 18.4 Å². The van der Waals surface area contributed by atoms with E-state index in [4.69, 9.17) is 0 Å². The monoisotopic (exact) mass is 234 g/mol. The number of para-hydroxylation sites is 1. The molecule has 0 aliphatic carbocycles. The molecule has 4 nitrogen and oxygen atoms in total. The zero-order valence-electron chi connectivity index (χ0n) is 8.62. The van der Waals surface area contributed by atoms with Gasteiger partial charge < -0.3 is 5.11 Å². The quantitative estimate of drug-likeness (QED) is 0.803. The summed E-state index contributed by atoms with van der Waals surface area (Å²) in [6.45, 7) is 0. The molecule has 1 aromatic carbocycles. The molecular weight excluding hydrogens is 224 g/mol. The van der Waals surface area contributed by atoms with Crippen LogP contribution in [-0.2, 0) is 0 Å². The van der Waals surface area contributed by atoms with E-state index in [9.17, 15) is 9.90 Å². The Balaban J connectivity index is 2.64. The van der Waals surface area contributed by atoms with Gasteiger partial charge in [-0.2, -0.15) is 9.78 Å². The van der Waals surface area contributed by atoms with Crippen molar-refractivity contribution in [1.29, 1.82) is 0 Å². The first kappa shape index (κ1) is 10.8. The van der Waals surface area contributed by atoms with Crippen LogP contribution in [0.4, 0.5) is 0 Å². The molecule has 0 aliphatic rings. The molecule has 0 saturated carbocycles. The minimum Gasteiger partial charge on any atom is -0.505 e. The van der Waals surface area contributed by atoms with Crippen LogP contribution < -0.4 is 5.56 Å². The SMILES string of the molecule is CSc1c(O)cnn(-c2ccccc2)c1=O. The molecule has 16 heavy (non-hydrogen) atoms. The second kappa shape index (κ2) is 4.40. The van der Waals surface area contributed by atoms with Crippen LogP contribution in [0, 0.1) is 0 Å². The first-order chi connectivity index (χ1) is 7.74. The number of rotatable bonds is 2. The van der Waals surface area contributed by atoms with Gasteiger partial charge in [0.05, 0.1) is 11.9 Å². The van der Waals surface area contributed by atoms with Gasteiger partial charge in [-0.1, -0.05) is 18.2 Å². The third-order valence-corrected chi connectivity index (χ3v) is 2.91. The van der Waals surface area contributed by atoms with Gasteiger partial charge in [0.25, 0.3) is 5.56 Å². The van der Waals surface area contributed by atoms with E-state index >= 15 is 0 Å². The molecule has 82 valence electrons. The van der Waals surface area contributed by atoms with E-state index in [1.165, 1.54) is 22.6 Å². The Labute approximate surface area is 96.6 Å². The second-order valence-corrected chi connectivity index (χ2v) is 3.93. The van der Waals surface area contributed by atoms with E-state index in [1.54, 1.807) is 18.4 Å². The van der Waals surface area contributed by atoms with Crippen LogP contribution in [0.25, 0.3) is 5.69 Å². The number of nitrogens with zero attached hydrogens (tertiary/aromatic N) is 2. The third-order valence-electron chi connectivity index (χ3n) is 2.12. The van der Waals surface area contributed by atoms with E-state index < -0.39 is 0 Å². The van der Waals surface area contributed by atoms with Crippen molar-refractivity contribution < 1.29 is 5.11 Å². The summed E-state index contributed by atoms with van der Waals surface area (Å²) in [4.78, 5) is 12.2. The van der Waals surface area contributed by atoms with Gasteiger partial charge in [0.15, 0.2) is 5.75 Å². The van der Waals surface area contributed by atoms with E-state index in [2.05, 4.69) is 5.10 Å².